The van der Waals surface area contributed by atoms with Crippen molar-refractivity contribution in [3.63, 3.8) is 0 Å². The Labute approximate surface area is 130 Å². The lowest BCUT2D eigenvalue weighted by Crippen LogP contribution is -2.13. The highest BCUT2D eigenvalue weighted by molar-refractivity contribution is 9.10. The molecule has 2 aromatic rings. The van der Waals surface area contributed by atoms with E-state index in [0.29, 0.717) is 15.7 Å². The molecule has 0 aliphatic heterocycles. The largest absolute Gasteiger partial charge is 0.392 e. The average molecular weight is 377 g/mol. The van der Waals surface area contributed by atoms with Crippen LogP contribution in [0.3, 0.4) is 0 Å². The summed E-state index contributed by atoms with van der Waals surface area (Å²) in [4.78, 5) is -0.00299. The van der Waals surface area contributed by atoms with Crippen LogP contribution in [0.2, 0.25) is 5.02 Å². The molecule has 2 rings (SSSR count). The van der Waals surface area contributed by atoms with Gasteiger partial charge in [0.05, 0.1) is 11.6 Å². The van der Waals surface area contributed by atoms with Crippen LogP contribution in [0, 0.1) is 0 Å². The first kappa shape index (κ1) is 15.3. The van der Waals surface area contributed by atoms with E-state index in [2.05, 4.69) is 20.7 Å². The number of aliphatic hydroxyl groups excluding tert-OH is 1. The third-order valence-corrected chi connectivity index (χ3v) is 4.90. The van der Waals surface area contributed by atoms with E-state index in [0.717, 1.165) is 0 Å². The SMILES string of the molecule is O=S(=O)(Nc1cccc(CO)c1)c1ccc(Br)cc1Cl. The molecule has 0 saturated carbocycles. The number of halogens is 2. The second-order valence-electron chi connectivity index (χ2n) is 4.04. The van der Waals surface area contributed by atoms with Gasteiger partial charge in [-0.15, -0.1) is 0 Å². The van der Waals surface area contributed by atoms with Crippen molar-refractivity contribution in [2.75, 3.05) is 4.72 Å². The lowest BCUT2D eigenvalue weighted by Gasteiger charge is -2.10. The zero-order valence-corrected chi connectivity index (χ0v) is 13.3. The van der Waals surface area contributed by atoms with Crippen molar-refractivity contribution in [3.8, 4) is 0 Å². The number of nitrogens with one attached hydrogen (secondary N) is 1. The first-order valence-electron chi connectivity index (χ1n) is 5.60. The Morgan fingerprint density at radius 3 is 2.60 bits per heavy atom. The summed E-state index contributed by atoms with van der Waals surface area (Å²) in [5.41, 5.74) is 0.989. The zero-order chi connectivity index (χ0) is 14.8. The lowest BCUT2D eigenvalue weighted by atomic mass is 10.2. The van der Waals surface area contributed by atoms with Gasteiger partial charge in [-0.05, 0) is 35.9 Å². The van der Waals surface area contributed by atoms with Gasteiger partial charge in [-0.25, -0.2) is 8.42 Å². The van der Waals surface area contributed by atoms with Crippen LogP contribution in [0.1, 0.15) is 5.56 Å². The summed E-state index contributed by atoms with van der Waals surface area (Å²) in [6.45, 7) is -0.158. The molecule has 0 fully saturated rings. The molecule has 4 nitrogen and oxygen atoms in total. The van der Waals surface area contributed by atoms with Gasteiger partial charge >= 0.3 is 0 Å². The number of rotatable bonds is 4. The van der Waals surface area contributed by atoms with Gasteiger partial charge in [-0.1, -0.05) is 39.7 Å². The van der Waals surface area contributed by atoms with Gasteiger partial charge in [-0.2, -0.15) is 0 Å². The Morgan fingerprint density at radius 1 is 1.20 bits per heavy atom. The number of benzene rings is 2. The molecule has 0 aromatic heterocycles. The molecule has 0 spiro atoms. The Morgan fingerprint density at radius 2 is 1.95 bits per heavy atom. The van der Waals surface area contributed by atoms with E-state index in [1.54, 1.807) is 30.3 Å². The maximum Gasteiger partial charge on any atom is 0.263 e. The smallest absolute Gasteiger partial charge is 0.263 e. The Hall–Kier alpha value is -1.08. The number of hydrogen-bond acceptors (Lipinski definition) is 3. The Bertz CT molecular complexity index is 734. The van der Waals surface area contributed by atoms with E-state index in [-0.39, 0.29) is 16.5 Å². The Kier molecular flexibility index (Phi) is 4.70. The van der Waals surface area contributed by atoms with Crippen LogP contribution in [0.5, 0.6) is 0 Å². The van der Waals surface area contributed by atoms with Crippen LogP contribution in [0.25, 0.3) is 0 Å². The van der Waals surface area contributed by atoms with E-state index in [4.69, 9.17) is 16.7 Å². The van der Waals surface area contributed by atoms with Crippen molar-refractivity contribution in [1.82, 2.24) is 0 Å². The predicted molar refractivity (Wildman–Crippen MR) is 82.3 cm³/mol. The van der Waals surface area contributed by atoms with Crippen molar-refractivity contribution in [2.45, 2.75) is 11.5 Å². The second kappa shape index (κ2) is 6.13. The molecule has 20 heavy (non-hydrogen) atoms. The lowest BCUT2D eigenvalue weighted by molar-refractivity contribution is 0.282. The number of hydrogen-bond donors (Lipinski definition) is 2. The fourth-order valence-electron chi connectivity index (χ4n) is 1.64. The number of aliphatic hydroxyl groups is 1. The van der Waals surface area contributed by atoms with Crippen LogP contribution >= 0.6 is 27.5 Å². The minimum Gasteiger partial charge on any atom is -0.392 e. The van der Waals surface area contributed by atoms with Crippen molar-refractivity contribution in [2.24, 2.45) is 0 Å². The minimum absolute atomic E-state index is 0.00299. The van der Waals surface area contributed by atoms with Crippen molar-refractivity contribution in [1.29, 1.82) is 0 Å². The predicted octanol–water partition coefficient (Wildman–Crippen LogP) is 3.40. The molecule has 0 amide bonds. The van der Waals surface area contributed by atoms with Crippen LogP contribution < -0.4 is 4.72 Å². The fourth-order valence-corrected chi connectivity index (χ4v) is 3.72. The monoisotopic (exact) mass is 375 g/mol. The van der Waals surface area contributed by atoms with E-state index >= 15 is 0 Å². The van der Waals surface area contributed by atoms with Crippen molar-refractivity contribution >= 4 is 43.2 Å². The molecule has 0 unspecified atom stereocenters. The molecule has 106 valence electrons. The molecule has 0 bridgehead atoms. The van der Waals surface area contributed by atoms with E-state index in [1.165, 1.54) is 12.1 Å². The van der Waals surface area contributed by atoms with Crippen LogP contribution in [0.4, 0.5) is 5.69 Å². The molecule has 2 N–H and O–H groups in total. The molecule has 0 heterocycles. The molecule has 7 heteroatoms. The van der Waals surface area contributed by atoms with Gasteiger partial charge in [0, 0.05) is 10.2 Å². The van der Waals surface area contributed by atoms with E-state index in [9.17, 15) is 8.42 Å². The highest BCUT2D eigenvalue weighted by atomic mass is 79.9. The van der Waals surface area contributed by atoms with Gasteiger partial charge in [0.1, 0.15) is 4.90 Å². The zero-order valence-electron chi connectivity index (χ0n) is 10.2. The molecule has 2 aromatic carbocycles. The first-order chi connectivity index (χ1) is 9.42. The highest BCUT2D eigenvalue weighted by Crippen LogP contribution is 2.27. The molecular weight excluding hydrogens is 366 g/mol. The van der Waals surface area contributed by atoms with Gasteiger partial charge in [0.25, 0.3) is 10.0 Å². The van der Waals surface area contributed by atoms with Crippen LogP contribution in [-0.4, -0.2) is 13.5 Å². The normalized spacial score (nSPS) is 11.3. The molecule has 0 radical (unpaired) electrons. The summed E-state index contributed by atoms with van der Waals surface area (Å²) in [7, 11) is -3.77. The molecular formula is C13H11BrClNO3S. The van der Waals surface area contributed by atoms with E-state index < -0.39 is 10.0 Å². The first-order valence-corrected chi connectivity index (χ1v) is 8.25. The third kappa shape index (κ3) is 3.52. The maximum absolute atomic E-state index is 12.3. The summed E-state index contributed by atoms with van der Waals surface area (Å²) in [5, 5.41) is 9.18. The van der Waals surface area contributed by atoms with Crippen LogP contribution in [-0.2, 0) is 16.6 Å². The highest BCUT2D eigenvalue weighted by Gasteiger charge is 2.18. The maximum atomic E-state index is 12.3. The van der Waals surface area contributed by atoms with Crippen LogP contribution in [0.15, 0.2) is 51.8 Å². The third-order valence-electron chi connectivity index (χ3n) is 2.55. The molecule has 0 aliphatic carbocycles. The molecule has 0 saturated heterocycles. The summed E-state index contributed by atoms with van der Waals surface area (Å²) in [6.07, 6.45) is 0. The van der Waals surface area contributed by atoms with E-state index in [1.807, 2.05) is 0 Å². The molecule has 0 atom stereocenters. The number of anilines is 1. The van der Waals surface area contributed by atoms with Gasteiger partial charge < -0.3 is 5.11 Å². The van der Waals surface area contributed by atoms with Gasteiger partial charge in [0.15, 0.2) is 0 Å². The summed E-state index contributed by atoms with van der Waals surface area (Å²) < 4.78 is 27.6. The fraction of sp³-hybridized carbons (Fsp3) is 0.0769. The minimum atomic E-state index is -3.77. The number of sulfonamides is 1. The summed E-state index contributed by atoms with van der Waals surface area (Å²) in [5.74, 6) is 0. The topological polar surface area (TPSA) is 66.4 Å². The Balaban J connectivity index is 2.35. The second-order valence-corrected chi connectivity index (χ2v) is 7.01. The quantitative estimate of drug-likeness (QED) is 0.859. The molecule has 0 aliphatic rings. The van der Waals surface area contributed by atoms with Crippen molar-refractivity contribution in [3.05, 3.63) is 57.5 Å². The van der Waals surface area contributed by atoms with Gasteiger partial charge in [-0.3, -0.25) is 4.72 Å². The summed E-state index contributed by atoms with van der Waals surface area (Å²) in [6, 6.07) is 11.1. The van der Waals surface area contributed by atoms with Gasteiger partial charge in [0.2, 0.25) is 0 Å². The standard InChI is InChI=1S/C13H11BrClNO3S/c14-10-4-5-13(12(15)7-10)20(18,19)16-11-3-1-2-9(6-11)8-17/h1-7,16-17H,8H2. The average Bonchev–Trinajstić information content (AvgIpc) is 2.37. The summed E-state index contributed by atoms with van der Waals surface area (Å²) >= 11 is 9.17. The van der Waals surface area contributed by atoms with Crippen molar-refractivity contribution < 1.29 is 13.5 Å².